The van der Waals surface area contributed by atoms with Gasteiger partial charge in [-0.25, -0.2) is 4.79 Å². The molecule has 2 fully saturated rings. The van der Waals surface area contributed by atoms with E-state index in [9.17, 15) is 19.2 Å². The Hall–Kier alpha value is -2.90. The third kappa shape index (κ3) is 4.58. The number of ether oxygens (including phenoxy) is 1. The summed E-state index contributed by atoms with van der Waals surface area (Å²) >= 11 is 0. The van der Waals surface area contributed by atoms with Crippen LogP contribution in [0.3, 0.4) is 0 Å². The zero-order valence-corrected chi connectivity index (χ0v) is 16.8. The van der Waals surface area contributed by atoms with Gasteiger partial charge in [-0.15, -0.1) is 0 Å². The molecule has 1 atom stereocenters. The molecule has 1 saturated carbocycles. The van der Waals surface area contributed by atoms with Crippen molar-refractivity contribution < 1.29 is 23.9 Å². The number of nitrogens with one attached hydrogen (secondary N) is 2. The van der Waals surface area contributed by atoms with E-state index in [1.165, 1.54) is 6.92 Å². The Kier molecular flexibility index (Phi) is 6.20. The first-order valence-electron chi connectivity index (χ1n) is 10.1. The highest BCUT2D eigenvalue weighted by Crippen LogP contribution is 2.35. The Bertz CT molecular complexity index is 799. The topological polar surface area (TPSA) is 105 Å². The highest BCUT2D eigenvalue weighted by molar-refractivity contribution is 6.07. The predicted octanol–water partition coefficient (Wildman–Crippen LogP) is 2.37. The fourth-order valence-electron chi connectivity index (χ4n) is 3.78. The summed E-state index contributed by atoms with van der Waals surface area (Å²) in [4.78, 5) is 50.1. The minimum Gasteiger partial charge on any atom is -0.452 e. The number of imide groups is 1. The van der Waals surface area contributed by atoms with Gasteiger partial charge in [0.1, 0.15) is 5.54 Å². The summed E-state index contributed by atoms with van der Waals surface area (Å²) in [6.45, 7) is 3.47. The molecule has 1 aromatic carbocycles. The van der Waals surface area contributed by atoms with Crippen LogP contribution in [-0.2, 0) is 25.5 Å². The fraction of sp³-hybridized carbons (Fsp3) is 0.524. The molecular weight excluding hydrogens is 374 g/mol. The Morgan fingerprint density at radius 1 is 1.21 bits per heavy atom. The van der Waals surface area contributed by atoms with Gasteiger partial charge < -0.3 is 15.4 Å². The van der Waals surface area contributed by atoms with E-state index < -0.39 is 29.6 Å². The Balaban J connectivity index is 1.46. The zero-order valence-electron chi connectivity index (χ0n) is 16.8. The van der Waals surface area contributed by atoms with Crippen molar-refractivity contribution in [2.75, 3.05) is 11.9 Å². The Morgan fingerprint density at radius 2 is 1.86 bits per heavy atom. The lowest BCUT2D eigenvalue weighted by Crippen LogP contribution is -2.44. The number of hydrogen-bond acceptors (Lipinski definition) is 5. The maximum absolute atomic E-state index is 12.6. The van der Waals surface area contributed by atoms with E-state index in [2.05, 4.69) is 10.6 Å². The molecule has 8 nitrogen and oxygen atoms in total. The summed E-state index contributed by atoms with van der Waals surface area (Å²) in [5, 5.41) is 5.47. The predicted molar refractivity (Wildman–Crippen MR) is 106 cm³/mol. The van der Waals surface area contributed by atoms with Crippen molar-refractivity contribution in [3.05, 3.63) is 29.8 Å². The van der Waals surface area contributed by atoms with Gasteiger partial charge in [0.15, 0.2) is 6.10 Å². The molecule has 0 bridgehead atoms. The quantitative estimate of drug-likeness (QED) is 0.539. The number of anilines is 1. The number of carbonyl (C=O) groups is 4. The highest BCUT2D eigenvalue weighted by atomic mass is 16.5. The molecule has 0 unspecified atom stereocenters. The number of esters is 1. The van der Waals surface area contributed by atoms with Crippen molar-refractivity contribution in [3.63, 3.8) is 0 Å². The summed E-state index contributed by atoms with van der Waals surface area (Å²) in [6.07, 6.45) is 2.83. The number of hydrogen-bond donors (Lipinski definition) is 2. The van der Waals surface area contributed by atoms with Gasteiger partial charge >= 0.3 is 12.0 Å². The highest BCUT2D eigenvalue weighted by Gasteiger charge is 2.52. The molecule has 1 aromatic rings. The van der Waals surface area contributed by atoms with Gasteiger partial charge in [-0.1, -0.05) is 31.9 Å². The molecule has 2 N–H and O–H groups in total. The normalized spacial score (nSPS) is 18.6. The molecule has 1 heterocycles. The number of benzene rings is 1. The number of carbonyl (C=O) groups excluding carboxylic acids is 4. The number of nitrogens with zero attached hydrogens (tertiary/aromatic N) is 1. The average molecular weight is 401 g/mol. The summed E-state index contributed by atoms with van der Waals surface area (Å²) < 4.78 is 5.16. The van der Waals surface area contributed by atoms with Crippen molar-refractivity contribution in [2.45, 2.75) is 64.0 Å². The van der Waals surface area contributed by atoms with E-state index in [1.807, 2.05) is 19.1 Å². The second kappa shape index (κ2) is 8.63. The summed E-state index contributed by atoms with van der Waals surface area (Å²) in [5.41, 5.74) is 0.986. The van der Waals surface area contributed by atoms with Crippen LogP contribution in [0.2, 0.25) is 0 Å². The standard InChI is InChI=1S/C21H27N3O5/c1-3-15-6-8-16(9-7-15)22-18(26)14(2)29-17(25)10-13-24-19(27)21(23-20(24)28)11-4-5-12-21/h6-9,14H,3-5,10-13H2,1-2H3,(H,22,26)(H,23,28)/t14-/m0/s1. The average Bonchev–Trinajstić information content (AvgIpc) is 3.26. The molecule has 8 heteroatoms. The van der Waals surface area contributed by atoms with Crippen molar-refractivity contribution in [3.8, 4) is 0 Å². The van der Waals surface area contributed by atoms with E-state index >= 15 is 0 Å². The lowest BCUT2D eigenvalue weighted by Gasteiger charge is -2.20. The molecule has 29 heavy (non-hydrogen) atoms. The maximum atomic E-state index is 12.6. The largest absolute Gasteiger partial charge is 0.452 e. The zero-order chi connectivity index (χ0) is 21.0. The van der Waals surface area contributed by atoms with E-state index in [1.54, 1.807) is 12.1 Å². The lowest BCUT2D eigenvalue weighted by atomic mass is 9.98. The first-order valence-corrected chi connectivity index (χ1v) is 10.1. The van der Waals surface area contributed by atoms with Crippen LogP contribution in [-0.4, -0.2) is 46.9 Å². The van der Waals surface area contributed by atoms with Gasteiger partial charge in [0.25, 0.3) is 11.8 Å². The van der Waals surface area contributed by atoms with Gasteiger partial charge in [0.2, 0.25) is 0 Å². The summed E-state index contributed by atoms with van der Waals surface area (Å²) in [7, 11) is 0. The van der Waals surface area contributed by atoms with Crippen LogP contribution in [0.15, 0.2) is 24.3 Å². The number of rotatable bonds is 7. The van der Waals surface area contributed by atoms with E-state index in [-0.39, 0.29) is 18.9 Å². The minimum atomic E-state index is -0.988. The van der Waals surface area contributed by atoms with Crippen LogP contribution in [0, 0.1) is 0 Å². The third-order valence-electron chi connectivity index (χ3n) is 5.55. The molecule has 1 saturated heterocycles. The van der Waals surface area contributed by atoms with Crippen LogP contribution >= 0.6 is 0 Å². The molecule has 4 amide bonds. The monoisotopic (exact) mass is 401 g/mol. The third-order valence-corrected chi connectivity index (χ3v) is 5.55. The molecule has 3 rings (SSSR count). The van der Waals surface area contributed by atoms with Gasteiger partial charge in [-0.3, -0.25) is 19.3 Å². The van der Waals surface area contributed by atoms with E-state index in [4.69, 9.17) is 4.74 Å². The van der Waals surface area contributed by atoms with E-state index in [0.29, 0.717) is 18.5 Å². The lowest BCUT2D eigenvalue weighted by molar-refractivity contribution is -0.153. The molecular formula is C21H27N3O5. The van der Waals surface area contributed by atoms with Crippen LogP contribution < -0.4 is 10.6 Å². The molecule has 1 aliphatic heterocycles. The van der Waals surface area contributed by atoms with Gasteiger partial charge in [0, 0.05) is 12.2 Å². The molecule has 1 spiro atoms. The second-order valence-corrected chi connectivity index (χ2v) is 7.60. The first kappa shape index (κ1) is 20.8. The molecule has 0 aromatic heterocycles. The number of urea groups is 1. The summed E-state index contributed by atoms with van der Waals surface area (Å²) in [6, 6.07) is 6.96. The molecule has 2 aliphatic rings. The van der Waals surface area contributed by atoms with Crippen molar-refractivity contribution in [1.82, 2.24) is 10.2 Å². The van der Waals surface area contributed by atoms with Gasteiger partial charge in [-0.2, -0.15) is 0 Å². The van der Waals surface area contributed by atoms with Crippen LogP contribution in [0.25, 0.3) is 0 Å². The maximum Gasteiger partial charge on any atom is 0.325 e. The molecule has 0 radical (unpaired) electrons. The summed E-state index contributed by atoms with van der Waals surface area (Å²) in [5.74, 6) is -1.35. The Morgan fingerprint density at radius 3 is 2.48 bits per heavy atom. The van der Waals surface area contributed by atoms with E-state index in [0.717, 1.165) is 29.7 Å². The van der Waals surface area contributed by atoms with Crippen molar-refractivity contribution >= 4 is 29.5 Å². The van der Waals surface area contributed by atoms with Crippen molar-refractivity contribution in [1.29, 1.82) is 0 Å². The van der Waals surface area contributed by atoms with Gasteiger partial charge in [0.05, 0.1) is 6.42 Å². The number of amides is 4. The molecule has 156 valence electrons. The SMILES string of the molecule is CCc1ccc(NC(=O)[C@H](C)OC(=O)CCN2C(=O)NC3(CCCC3)C2=O)cc1. The molecule has 1 aliphatic carbocycles. The van der Waals surface area contributed by atoms with Crippen LogP contribution in [0.5, 0.6) is 0 Å². The smallest absolute Gasteiger partial charge is 0.325 e. The number of aryl methyl sites for hydroxylation is 1. The fourth-order valence-corrected chi connectivity index (χ4v) is 3.78. The van der Waals surface area contributed by atoms with Crippen molar-refractivity contribution in [2.24, 2.45) is 0 Å². The van der Waals surface area contributed by atoms with Crippen LogP contribution in [0.4, 0.5) is 10.5 Å². The minimum absolute atomic E-state index is 0.0575. The van der Waals surface area contributed by atoms with Crippen LogP contribution in [0.1, 0.15) is 51.5 Å². The van der Waals surface area contributed by atoms with Gasteiger partial charge in [-0.05, 0) is 43.9 Å². The Labute approximate surface area is 170 Å². The first-order chi connectivity index (χ1) is 13.8. The second-order valence-electron chi connectivity index (χ2n) is 7.60.